The van der Waals surface area contributed by atoms with Crippen LogP contribution in [0.25, 0.3) is 0 Å². The summed E-state index contributed by atoms with van der Waals surface area (Å²) in [6.07, 6.45) is -0.632. The van der Waals surface area contributed by atoms with Gasteiger partial charge in [0.25, 0.3) is 0 Å². The van der Waals surface area contributed by atoms with Crippen molar-refractivity contribution in [1.82, 2.24) is 5.32 Å². The fourth-order valence-corrected chi connectivity index (χ4v) is 0.587. The minimum absolute atomic E-state index is 0.236. The number of alkyl halides is 1. The van der Waals surface area contributed by atoms with E-state index in [2.05, 4.69) is 5.32 Å². The molecule has 1 atom stereocenters. The highest BCUT2D eigenvalue weighted by Gasteiger charge is 2.37. The van der Waals surface area contributed by atoms with Gasteiger partial charge in [0.2, 0.25) is 0 Å². The van der Waals surface area contributed by atoms with E-state index in [9.17, 15) is 4.39 Å². The first-order chi connectivity index (χ1) is 3.13. The fraction of sp³-hybridized carbons (Fsp3) is 1.00. The van der Waals surface area contributed by atoms with Crippen LogP contribution in [0.1, 0.15) is 13.8 Å². The van der Waals surface area contributed by atoms with Gasteiger partial charge in [-0.1, -0.05) is 0 Å². The van der Waals surface area contributed by atoms with E-state index in [-0.39, 0.29) is 5.54 Å². The van der Waals surface area contributed by atoms with E-state index in [0.29, 0.717) is 6.54 Å². The van der Waals surface area contributed by atoms with Crippen molar-refractivity contribution >= 4 is 0 Å². The minimum atomic E-state index is -0.632. The molecule has 0 bridgehead atoms. The van der Waals surface area contributed by atoms with Crippen LogP contribution in [0, 0.1) is 0 Å². The molecule has 1 saturated heterocycles. The number of rotatable bonds is 0. The van der Waals surface area contributed by atoms with Crippen molar-refractivity contribution in [3.8, 4) is 0 Å². The second-order valence-electron chi connectivity index (χ2n) is 2.57. The quantitative estimate of drug-likeness (QED) is 0.476. The van der Waals surface area contributed by atoms with Crippen molar-refractivity contribution in [2.75, 3.05) is 6.54 Å². The first kappa shape index (κ1) is 5.04. The molecule has 1 nitrogen and oxygen atoms in total. The van der Waals surface area contributed by atoms with Crippen LogP contribution < -0.4 is 5.32 Å². The van der Waals surface area contributed by atoms with Crippen molar-refractivity contribution in [3.05, 3.63) is 0 Å². The summed E-state index contributed by atoms with van der Waals surface area (Å²) in [5.74, 6) is 0. The van der Waals surface area contributed by atoms with Crippen LogP contribution >= 0.6 is 0 Å². The van der Waals surface area contributed by atoms with Crippen molar-refractivity contribution in [2.24, 2.45) is 0 Å². The zero-order chi connectivity index (χ0) is 5.49. The molecule has 1 aliphatic heterocycles. The van der Waals surface area contributed by atoms with E-state index in [0.717, 1.165) is 0 Å². The van der Waals surface area contributed by atoms with E-state index >= 15 is 0 Å². The molecule has 1 rings (SSSR count). The summed E-state index contributed by atoms with van der Waals surface area (Å²) in [6, 6.07) is 0. The van der Waals surface area contributed by atoms with Gasteiger partial charge in [-0.05, 0) is 13.8 Å². The highest BCUT2D eigenvalue weighted by atomic mass is 19.1. The molecule has 7 heavy (non-hydrogen) atoms. The summed E-state index contributed by atoms with van der Waals surface area (Å²) in [7, 11) is 0. The molecule has 0 radical (unpaired) electrons. The van der Waals surface area contributed by atoms with Gasteiger partial charge in [0.15, 0.2) is 0 Å². The number of hydrogen-bond acceptors (Lipinski definition) is 1. The first-order valence-electron chi connectivity index (χ1n) is 2.52. The molecule has 1 fully saturated rings. The van der Waals surface area contributed by atoms with Crippen LogP contribution in [0.15, 0.2) is 0 Å². The molecule has 42 valence electrons. The van der Waals surface area contributed by atoms with Crippen molar-refractivity contribution < 1.29 is 4.39 Å². The van der Waals surface area contributed by atoms with E-state index in [1.54, 1.807) is 0 Å². The van der Waals surface area contributed by atoms with Crippen molar-refractivity contribution in [2.45, 2.75) is 25.6 Å². The van der Waals surface area contributed by atoms with E-state index in [1.807, 2.05) is 13.8 Å². The fourth-order valence-electron chi connectivity index (χ4n) is 0.587. The topological polar surface area (TPSA) is 12.0 Å². The highest BCUT2D eigenvalue weighted by Crippen LogP contribution is 2.19. The van der Waals surface area contributed by atoms with Gasteiger partial charge in [-0.25, -0.2) is 4.39 Å². The lowest BCUT2D eigenvalue weighted by Crippen LogP contribution is -2.63. The standard InChI is InChI=1S/C5H10FN/c1-5(2)4(6)3-7-5/h4,7H,3H2,1-2H3. The van der Waals surface area contributed by atoms with E-state index in [1.165, 1.54) is 0 Å². The molecule has 1 heterocycles. The Morgan fingerprint density at radius 2 is 2.14 bits per heavy atom. The van der Waals surface area contributed by atoms with Gasteiger partial charge in [0, 0.05) is 12.1 Å². The largest absolute Gasteiger partial charge is 0.306 e. The Labute approximate surface area is 42.9 Å². The molecule has 0 aromatic heterocycles. The molecule has 0 aromatic rings. The summed E-state index contributed by atoms with van der Waals surface area (Å²) in [4.78, 5) is 0. The molecule has 0 aromatic carbocycles. The van der Waals surface area contributed by atoms with Crippen LogP contribution in [-0.4, -0.2) is 18.3 Å². The molecular formula is C5H10FN. The van der Waals surface area contributed by atoms with Gasteiger partial charge in [-0.15, -0.1) is 0 Å². The molecular weight excluding hydrogens is 93.1 g/mol. The third-order valence-corrected chi connectivity index (χ3v) is 1.52. The molecule has 0 spiro atoms. The third kappa shape index (κ3) is 0.630. The van der Waals surface area contributed by atoms with Gasteiger partial charge < -0.3 is 5.32 Å². The van der Waals surface area contributed by atoms with Gasteiger partial charge in [0.05, 0.1) is 0 Å². The van der Waals surface area contributed by atoms with E-state index < -0.39 is 6.17 Å². The monoisotopic (exact) mass is 103 g/mol. The Morgan fingerprint density at radius 3 is 2.14 bits per heavy atom. The normalized spacial score (nSPS) is 37.3. The Bertz CT molecular complexity index is 80.1. The molecule has 1 aliphatic rings. The van der Waals surface area contributed by atoms with Gasteiger partial charge in [-0.3, -0.25) is 0 Å². The summed E-state index contributed by atoms with van der Waals surface area (Å²) < 4.78 is 12.2. The Balaban J connectivity index is 2.43. The van der Waals surface area contributed by atoms with Crippen molar-refractivity contribution in [3.63, 3.8) is 0 Å². The smallest absolute Gasteiger partial charge is 0.130 e. The predicted molar refractivity (Wildman–Crippen MR) is 27.0 cm³/mol. The number of halogens is 1. The zero-order valence-corrected chi connectivity index (χ0v) is 4.66. The Morgan fingerprint density at radius 1 is 1.71 bits per heavy atom. The maximum absolute atomic E-state index is 12.2. The van der Waals surface area contributed by atoms with Gasteiger partial charge in [0.1, 0.15) is 6.17 Å². The van der Waals surface area contributed by atoms with Crippen LogP contribution in [0.4, 0.5) is 4.39 Å². The van der Waals surface area contributed by atoms with Gasteiger partial charge in [-0.2, -0.15) is 0 Å². The molecule has 1 N–H and O–H groups in total. The Hall–Kier alpha value is -0.110. The molecule has 0 aliphatic carbocycles. The summed E-state index contributed by atoms with van der Waals surface area (Å²) in [5.41, 5.74) is -0.236. The van der Waals surface area contributed by atoms with Crippen LogP contribution in [-0.2, 0) is 0 Å². The average Bonchev–Trinajstić information content (AvgIpc) is 1.63. The summed E-state index contributed by atoms with van der Waals surface area (Å²) >= 11 is 0. The lowest BCUT2D eigenvalue weighted by molar-refractivity contribution is 0.0883. The third-order valence-electron chi connectivity index (χ3n) is 1.52. The summed E-state index contributed by atoms with van der Waals surface area (Å²) in [6.45, 7) is 4.26. The van der Waals surface area contributed by atoms with Crippen LogP contribution in [0.2, 0.25) is 0 Å². The first-order valence-corrected chi connectivity index (χ1v) is 2.52. The van der Waals surface area contributed by atoms with Crippen LogP contribution in [0.3, 0.4) is 0 Å². The second-order valence-corrected chi connectivity index (χ2v) is 2.57. The average molecular weight is 103 g/mol. The number of hydrogen-bond donors (Lipinski definition) is 1. The zero-order valence-electron chi connectivity index (χ0n) is 4.66. The molecule has 0 saturated carbocycles. The van der Waals surface area contributed by atoms with E-state index in [4.69, 9.17) is 0 Å². The second kappa shape index (κ2) is 1.19. The molecule has 0 amide bonds. The van der Waals surface area contributed by atoms with Gasteiger partial charge >= 0.3 is 0 Å². The van der Waals surface area contributed by atoms with Crippen LogP contribution in [0.5, 0.6) is 0 Å². The Kier molecular flexibility index (Phi) is 0.854. The number of nitrogens with one attached hydrogen (secondary N) is 1. The maximum atomic E-state index is 12.2. The minimum Gasteiger partial charge on any atom is -0.306 e. The SMILES string of the molecule is CC1(C)NCC1F. The summed E-state index contributed by atoms with van der Waals surface area (Å²) in [5, 5.41) is 2.96. The lowest BCUT2D eigenvalue weighted by Gasteiger charge is -2.40. The molecule has 2 heteroatoms. The lowest BCUT2D eigenvalue weighted by atomic mass is 9.91. The highest BCUT2D eigenvalue weighted by molar-refractivity contribution is 4.97. The predicted octanol–water partition coefficient (Wildman–Crippen LogP) is 0.706. The molecule has 1 unspecified atom stereocenters. The maximum Gasteiger partial charge on any atom is 0.130 e. The van der Waals surface area contributed by atoms with Crippen molar-refractivity contribution in [1.29, 1.82) is 0 Å².